The number of anilines is 1. The molecule has 3 rings (SSSR count). The maximum absolute atomic E-state index is 13.2. The van der Waals surface area contributed by atoms with Gasteiger partial charge in [-0.05, 0) is 56.7 Å². The largest absolute Gasteiger partial charge is 0.495 e. The van der Waals surface area contributed by atoms with Crippen LogP contribution in [0.25, 0.3) is 0 Å². The molecule has 2 saturated heterocycles. The van der Waals surface area contributed by atoms with Crippen molar-refractivity contribution in [2.45, 2.75) is 45.1 Å². The number of likely N-dealkylation sites (tertiary alicyclic amines) is 2. The van der Waals surface area contributed by atoms with Crippen LogP contribution in [0.2, 0.25) is 0 Å². The van der Waals surface area contributed by atoms with Gasteiger partial charge in [0.15, 0.2) is 6.19 Å². The fourth-order valence-electron chi connectivity index (χ4n) is 3.94. The molecule has 1 aromatic rings. The van der Waals surface area contributed by atoms with Crippen molar-refractivity contribution >= 4 is 23.5 Å². The highest BCUT2D eigenvalue weighted by Gasteiger charge is 2.30. The molecule has 0 bridgehead atoms. The molecule has 31 heavy (non-hydrogen) atoms. The Kier molecular flexibility index (Phi) is 7.70. The summed E-state index contributed by atoms with van der Waals surface area (Å²) in [7, 11) is 1.56. The fourth-order valence-corrected chi connectivity index (χ4v) is 3.94. The predicted molar refractivity (Wildman–Crippen MR) is 118 cm³/mol. The molecule has 0 radical (unpaired) electrons. The lowest BCUT2D eigenvalue weighted by molar-refractivity contribution is -0.140. The Morgan fingerprint density at radius 2 is 2.00 bits per heavy atom. The minimum Gasteiger partial charge on any atom is -0.495 e. The Hall–Kier alpha value is -3.28. The lowest BCUT2D eigenvalue weighted by atomic mass is 10.1. The van der Waals surface area contributed by atoms with Gasteiger partial charge < -0.3 is 19.9 Å². The van der Waals surface area contributed by atoms with Crippen LogP contribution < -0.4 is 15.4 Å². The number of guanidine groups is 1. The van der Waals surface area contributed by atoms with Crippen LogP contribution in [-0.2, 0) is 9.59 Å². The average molecular weight is 427 g/mol. The van der Waals surface area contributed by atoms with Crippen molar-refractivity contribution in [3.05, 3.63) is 23.8 Å². The van der Waals surface area contributed by atoms with Gasteiger partial charge in [0.25, 0.3) is 0 Å². The van der Waals surface area contributed by atoms with E-state index in [4.69, 9.17) is 4.74 Å². The molecule has 0 aliphatic carbocycles. The van der Waals surface area contributed by atoms with Gasteiger partial charge in [0.05, 0.1) is 19.3 Å². The molecule has 0 unspecified atom stereocenters. The third kappa shape index (κ3) is 5.87. The first-order chi connectivity index (χ1) is 15.0. The van der Waals surface area contributed by atoms with E-state index in [1.165, 1.54) is 0 Å². The van der Waals surface area contributed by atoms with E-state index in [-0.39, 0.29) is 24.3 Å². The molecule has 166 valence electrons. The maximum Gasteiger partial charge on any atom is 0.247 e. The van der Waals surface area contributed by atoms with Gasteiger partial charge in [-0.3, -0.25) is 14.9 Å². The van der Waals surface area contributed by atoms with E-state index < -0.39 is 6.04 Å². The van der Waals surface area contributed by atoms with Crippen LogP contribution in [0.3, 0.4) is 0 Å². The molecule has 2 N–H and O–H groups in total. The number of hydrogen-bond acceptors (Lipinski definition) is 5. The van der Waals surface area contributed by atoms with E-state index in [1.807, 2.05) is 36.2 Å². The monoisotopic (exact) mass is 426 g/mol. The molecule has 2 aliphatic rings. The molecule has 2 fully saturated rings. The molecule has 0 aromatic heterocycles. The van der Waals surface area contributed by atoms with Gasteiger partial charge in [-0.2, -0.15) is 5.26 Å². The third-order valence-electron chi connectivity index (χ3n) is 5.60. The van der Waals surface area contributed by atoms with Crippen LogP contribution in [-0.4, -0.2) is 66.9 Å². The van der Waals surface area contributed by atoms with Crippen molar-refractivity contribution in [1.82, 2.24) is 15.1 Å². The van der Waals surface area contributed by atoms with E-state index >= 15 is 0 Å². The third-order valence-corrected chi connectivity index (χ3v) is 5.60. The summed E-state index contributed by atoms with van der Waals surface area (Å²) in [5, 5.41) is 14.8. The standard InChI is InChI=1S/C22H30N6O3/c1-16-8-9-19(31-2)18(13-16)26-22(24-15-23)25-17-7-3-4-12-28(21(17)30)14-20(29)27-10-5-6-11-27/h8-9,13,17H,3-7,10-12,14H2,1-2H3,(H2,24,25,26)/t17-/m0/s1. The number of nitrogens with zero attached hydrogens (tertiary/aromatic N) is 4. The number of hydrogen-bond donors (Lipinski definition) is 2. The van der Waals surface area contributed by atoms with Gasteiger partial charge >= 0.3 is 0 Å². The van der Waals surface area contributed by atoms with E-state index in [1.54, 1.807) is 12.0 Å². The molecule has 2 heterocycles. The number of rotatable bonds is 5. The highest BCUT2D eigenvalue weighted by atomic mass is 16.5. The first kappa shape index (κ1) is 22.4. The molecule has 1 atom stereocenters. The first-order valence-corrected chi connectivity index (χ1v) is 10.7. The normalized spacial score (nSPS) is 19.6. The zero-order chi connectivity index (χ0) is 22.2. The molecular formula is C22H30N6O3. The number of benzene rings is 1. The van der Waals surface area contributed by atoms with Gasteiger partial charge in [-0.25, -0.2) is 4.99 Å². The van der Waals surface area contributed by atoms with Gasteiger partial charge in [0.1, 0.15) is 11.8 Å². The average Bonchev–Trinajstić information content (AvgIpc) is 3.24. The van der Waals surface area contributed by atoms with Crippen LogP contribution in [0.5, 0.6) is 5.75 Å². The smallest absolute Gasteiger partial charge is 0.247 e. The van der Waals surface area contributed by atoms with Crippen LogP contribution in [0.4, 0.5) is 5.69 Å². The number of nitriles is 1. The Bertz CT molecular complexity index is 872. The molecular weight excluding hydrogens is 396 g/mol. The minimum absolute atomic E-state index is 0.00604. The predicted octanol–water partition coefficient (Wildman–Crippen LogP) is 1.85. The number of aliphatic imine (C=N–C) groups is 1. The van der Waals surface area contributed by atoms with Crippen molar-refractivity contribution in [3.63, 3.8) is 0 Å². The van der Waals surface area contributed by atoms with Gasteiger partial charge in [0.2, 0.25) is 17.8 Å². The fraction of sp³-hybridized carbons (Fsp3) is 0.545. The molecule has 0 spiro atoms. The summed E-state index contributed by atoms with van der Waals surface area (Å²) in [5.74, 6) is 0.592. The summed E-state index contributed by atoms with van der Waals surface area (Å²) in [6.07, 6.45) is 6.12. The molecule has 9 nitrogen and oxygen atoms in total. The number of ether oxygens (including phenoxy) is 1. The SMILES string of the molecule is COc1ccc(C)cc1NC(=N[C@H]1CCCCN(CC(=O)N2CCCC2)C1=O)NC#N. The lowest BCUT2D eigenvalue weighted by Gasteiger charge is -2.25. The number of aryl methyl sites for hydroxylation is 1. The van der Waals surface area contributed by atoms with E-state index in [9.17, 15) is 14.9 Å². The number of amides is 2. The zero-order valence-corrected chi connectivity index (χ0v) is 18.2. The zero-order valence-electron chi connectivity index (χ0n) is 18.2. The molecule has 1 aromatic carbocycles. The first-order valence-electron chi connectivity index (χ1n) is 10.7. The Labute approximate surface area is 183 Å². The van der Waals surface area contributed by atoms with Gasteiger partial charge in [-0.15, -0.1) is 0 Å². The highest BCUT2D eigenvalue weighted by molar-refractivity contribution is 5.98. The number of methoxy groups -OCH3 is 1. The minimum atomic E-state index is -0.659. The maximum atomic E-state index is 13.2. The van der Waals surface area contributed by atoms with E-state index in [2.05, 4.69) is 15.6 Å². The van der Waals surface area contributed by atoms with Crippen molar-refractivity contribution in [1.29, 1.82) is 5.26 Å². The Balaban J connectivity index is 1.77. The Morgan fingerprint density at radius 1 is 1.26 bits per heavy atom. The number of carbonyl (C=O) groups excluding carboxylic acids is 2. The summed E-state index contributed by atoms with van der Waals surface area (Å²) >= 11 is 0. The summed E-state index contributed by atoms with van der Waals surface area (Å²) in [6.45, 7) is 4.11. The molecule has 0 saturated carbocycles. The highest BCUT2D eigenvalue weighted by Crippen LogP contribution is 2.25. The second-order valence-corrected chi connectivity index (χ2v) is 7.90. The number of nitrogens with one attached hydrogen (secondary N) is 2. The lowest BCUT2D eigenvalue weighted by Crippen LogP contribution is -2.45. The van der Waals surface area contributed by atoms with Crippen molar-refractivity contribution in [2.75, 3.05) is 38.6 Å². The van der Waals surface area contributed by atoms with Crippen molar-refractivity contribution in [2.24, 2.45) is 4.99 Å². The van der Waals surface area contributed by atoms with Crippen LogP contribution in [0.1, 0.15) is 37.7 Å². The second kappa shape index (κ2) is 10.7. The van der Waals surface area contributed by atoms with Crippen molar-refractivity contribution < 1.29 is 14.3 Å². The Morgan fingerprint density at radius 3 is 2.71 bits per heavy atom. The summed E-state index contributed by atoms with van der Waals surface area (Å²) in [4.78, 5) is 33.7. The van der Waals surface area contributed by atoms with Gasteiger partial charge in [-0.1, -0.05) is 6.07 Å². The van der Waals surface area contributed by atoms with Crippen LogP contribution in [0.15, 0.2) is 23.2 Å². The summed E-state index contributed by atoms with van der Waals surface area (Å²) in [5.41, 5.74) is 1.66. The summed E-state index contributed by atoms with van der Waals surface area (Å²) < 4.78 is 5.37. The van der Waals surface area contributed by atoms with E-state index in [0.717, 1.165) is 44.3 Å². The molecule has 2 aliphatic heterocycles. The second-order valence-electron chi connectivity index (χ2n) is 7.90. The van der Waals surface area contributed by atoms with E-state index in [0.29, 0.717) is 24.4 Å². The topological polar surface area (TPSA) is 110 Å². The van der Waals surface area contributed by atoms with Crippen LogP contribution in [0, 0.1) is 18.4 Å². The summed E-state index contributed by atoms with van der Waals surface area (Å²) in [6, 6.07) is 4.96. The van der Waals surface area contributed by atoms with Gasteiger partial charge in [0, 0.05) is 19.6 Å². The number of carbonyl (C=O) groups is 2. The molecule has 2 amide bonds. The molecule has 9 heteroatoms. The van der Waals surface area contributed by atoms with Crippen LogP contribution >= 0.6 is 0 Å². The van der Waals surface area contributed by atoms with Crippen molar-refractivity contribution in [3.8, 4) is 11.9 Å². The quantitative estimate of drug-likeness (QED) is 0.322.